The average Bonchev–Trinajstić information content (AvgIpc) is 3.69. The zero-order valence-corrected chi connectivity index (χ0v) is 20.3. The fourth-order valence-electron chi connectivity index (χ4n) is 5.71. The largest absolute Gasteiger partial charge is 0.481 e. The van der Waals surface area contributed by atoms with Crippen LogP contribution in [0.25, 0.3) is 11.2 Å². The van der Waals surface area contributed by atoms with E-state index in [1.165, 1.54) is 51.7 Å². The molecule has 2 saturated carbocycles. The summed E-state index contributed by atoms with van der Waals surface area (Å²) in [6.45, 7) is 11.1. The maximum atomic E-state index is 5.26. The van der Waals surface area contributed by atoms with Crippen LogP contribution in [0.15, 0.2) is 23.8 Å². The van der Waals surface area contributed by atoms with E-state index in [2.05, 4.69) is 41.7 Å². The molecule has 0 amide bonds. The summed E-state index contributed by atoms with van der Waals surface area (Å²) in [5, 5.41) is 0. The van der Waals surface area contributed by atoms with Crippen LogP contribution in [-0.2, 0) is 6.42 Å². The van der Waals surface area contributed by atoms with Crippen LogP contribution in [-0.4, -0.2) is 46.6 Å². The Labute approximate surface area is 193 Å². The number of allylic oxidation sites excluding steroid dienone is 1. The summed E-state index contributed by atoms with van der Waals surface area (Å²) in [6, 6.07) is 3.91. The van der Waals surface area contributed by atoms with Crippen LogP contribution in [0.2, 0.25) is 0 Å². The highest BCUT2D eigenvalue weighted by atomic mass is 16.5. The van der Waals surface area contributed by atoms with Gasteiger partial charge in [-0.05, 0) is 80.6 Å². The molecule has 0 bridgehead atoms. The van der Waals surface area contributed by atoms with Gasteiger partial charge in [0.1, 0.15) is 5.82 Å². The van der Waals surface area contributed by atoms with Gasteiger partial charge < -0.3 is 14.6 Å². The minimum atomic E-state index is 0.557. The third-order valence-corrected chi connectivity index (χ3v) is 8.00. The number of nitrogens with zero attached hydrogens (tertiary/aromatic N) is 3. The van der Waals surface area contributed by atoms with E-state index in [9.17, 15) is 0 Å². The molecule has 0 saturated heterocycles. The molecule has 2 heterocycles. The van der Waals surface area contributed by atoms with Gasteiger partial charge in [-0.25, -0.2) is 4.98 Å². The number of ether oxygens (including phenoxy) is 1. The molecular formula is C27H40N4O. The number of H-pyrrole nitrogens is 1. The van der Waals surface area contributed by atoms with Gasteiger partial charge in [0.05, 0.1) is 12.6 Å². The second kappa shape index (κ2) is 9.17. The van der Waals surface area contributed by atoms with E-state index >= 15 is 0 Å². The molecule has 2 aromatic heterocycles. The number of imidazole rings is 1. The van der Waals surface area contributed by atoms with E-state index in [0.29, 0.717) is 23.6 Å². The highest BCUT2D eigenvalue weighted by Crippen LogP contribution is 2.41. The predicted octanol–water partition coefficient (Wildman–Crippen LogP) is 5.49. The van der Waals surface area contributed by atoms with Crippen molar-refractivity contribution in [2.24, 2.45) is 35.5 Å². The molecule has 5 heteroatoms. The molecule has 3 aliphatic carbocycles. The second-order valence-corrected chi connectivity index (χ2v) is 11.1. The van der Waals surface area contributed by atoms with Crippen molar-refractivity contribution in [3.8, 4) is 5.88 Å². The highest BCUT2D eigenvalue weighted by Gasteiger charge is 2.35. The van der Waals surface area contributed by atoms with E-state index in [1.54, 1.807) is 12.7 Å². The predicted molar refractivity (Wildman–Crippen MR) is 130 cm³/mol. The second-order valence-electron chi connectivity index (χ2n) is 11.1. The molecule has 0 aromatic carbocycles. The lowest BCUT2D eigenvalue weighted by molar-refractivity contribution is 0.153. The van der Waals surface area contributed by atoms with Crippen LogP contribution in [0.5, 0.6) is 5.88 Å². The van der Waals surface area contributed by atoms with Crippen LogP contribution >= 0.6 is 0 Å². The van der Waals surface area contributed by atoms with E-state index in [-0.39, 0.29) is 0 Å². The molecule has 174 valence electrons. The topological polar surface area (TPSA) is 54.0 Å². The Hall–Kier alpha value is -1.88. The van der Waals surface area contributed by atoms with Gasteiger partial charge >= 0.3 is 0 Å². The van der Waals surface area contributed by atoms with E-state index in [4.69, 9.17) is 9.72 Å². The lowest BCUT2D eigenvalue weighted by atomic mass is 9.69. The van der Waals surface area contributed by atoms with Crippen molar-refractivity contribution in [3.63, 3.8) is 0 Å². The molecule has 3 aliphatic rings. The number of aromatic amines is 1. The van der Waals surface area contributed by atoms with E-state index in [0.717, 1.165) is 41.2 Å². The average molecular weight is 437 g/mol. The van der Waals surface area contributed by atoms with Crippen molar-refractivity contribution < 1.29 is 4.74 Å². The van der Waals surface area contributed by atoms with E-state index < -0.39 is 0 Å². The number of nitrogens with one attached hydrogen (secondary N) is 1. The standard InChI is InChI=1S/C27H40N4O/c1-17(2)23-12-21(13-25-28-24-9-10-26(32-4)30-27(24)29-25)18(3)11-22(23)16-31(14-19-5-6-19)15-20-7-8-20/h9-11,17,19-23H,5-8,12-16H2,1-4H3,(H,28,29,30)/t21-,22-,23-/m0/s1. The normalized spacial score (nSPS) is 26.2. The first kappa shape index (κ1) is 21.9. The van der Waals surface area contributed by atoms with Gasteiger partial charge in [0.2, 0.25) is 5.88 Å². The number of hydrogen-bond donors (Lipinski definition) is 1. The number of aromatic nitrogens is 3. The number of hydrogen-bond acceptors (Lipinski definition) is 4. The van der Waals surface area contributed by atoms with Crippen LogP contribution in [0.4, 0.5) is 0 Å². The first-order chi connectivity index (χ1) is 15.5. The summed E-state index contributed by atoms with van der Waals surface area (Å²) < 4.78 is 5.26. The Morgan fingerprint density at radius 2 is 1.78 bits per heavy atom. The summed E-state index contributed by atoms with van der Waals surface area (Å²) in [4.78, 5) is 15.6. The van der Waals surface area contributed by atoms with Crippen LogP contribution in [0, 0.1) is 35.5 Å². The summed E-state index contributed by atoms with van der Waals surface area (Å²) in [5.41, 5.74) is 3.30. The molecular weight excluding hydrogens is 396 g/mol. The quantitative estimate of drug-likeness (QED) is 0.501. The van der Waals surface area contributed by atoms with Gasteiger partial charge in [0, 0.05) is 32.1 Å². The number of fused-ring (bicyclic) bond motifs is 1. The van der Waals surface area contributed by atoms with Gasteiger partial charge in [-0.1, -0.05) is 25.5 Å². The van der Waals surface area contributed by atoms with Crippen LogP contribution < -0.4 is 4.74 Å². The van der Waals surface area contributed by atoms with Crippen molar-refractivity contribution in [2.45, 2.75) is 59.3 Å². The minimum absolute atomic E-state index is 0.557. The summed E-state index contributed by atoms with van der Waals surface area (Å²) in [6.07, 6.45) is 10.7. The maximum absolute atomic E-state index is 5.26. The van der Waals surface area contributed by atoms with Gasteiger partial charge in [-0.2, -0.15) is 4.98 Å². The Morgan fingerprint density at radius 1 is 1.06 bits per heavy atom. The van der Waals surface area contributed by atoms with Crippen molar-refractivity contribution in [3.05, 3.63) is 29.6 Å². The SMILES string of the molecule is COc1ccc2[nH]c(C[C@@H]3C[C@@H](C(C)C)[C@H](CN(CC4CC4)CC4CC4)C=C3C)nc2n1. The van der Waals surface area contributed by atoms with Crippen molar-refractivity contribution in [1.29, 1.82) is 0 Å². The molecule has 0 aliphatic heterocycles. The third kappa shape index (κ3) is 5.19. The molecule has 0 radical (unpaired) electrons. The zero-order chi connectivity index (χ0) is 22.2. The fraction of sp³-hybridized carbons (Fsp3) is 0.704. The molecule has 1 N–H and O–H groups in total. The summed E-state index contributed by atoms with van der Waals surface area (Å²) >= 11 is 0. The molecule has 0 unspecified atom stereocenters. The monoisotopic (exact) mass is 436 g/mol. The number of methoxy groups -OCH3 is 1. The lowest BCUT2D eigenvalue weighted by Crippen LogP contribution is -2.39. The molecule has 32 heavy (non-hydrogen) atoms. The number of pyridine rings is 1. The zero-order valence-electron chi connectivity index (χ0n) is 20.3. The molecule has 2 fully saturated rings. The fourth-order valence-corrected chi connectivity index (χ4v) is 5.71. The van der Waals surface area contributed by atoms with E-state index in [1.807, 2.05) is 12.1 Å². The molecule has 3 atom stereocenters. The van der Waals surface area contributed by atoms with Crippen LogP contribution in [0.1, 0.15) is 58.7 Å². The summed E-state index contributed by atoms with van der Waals surface area (Å²) in [7, 11) is 1.65. The van der Waals surface area contributed by atoms with Crippen LogP contribution in [0.3, 0.4) is 0 Å². The number of rotatable bonds is 10. The molecule has 0 spiro atoms. The molecule has 2 aromatic rings. The van der Waals surface area contributed by atoms with Gasteiger partial charge in [0.25, 0.3) is 0 Å². The maximum Gasteiger partial charge on any atom is 0.215 e. The Morgan fingerprint density at radius 3 is 2.41 bits per heavy atom. The Balaban J connectivity index is 1.30. The van der Waals surface area contributed by atoms with Crippen molar-refractivity contribution in [2.75, 3.05) is 26.7 Å². The highest BCUT2D eigenvalue weighted by molar-refractivity contribution is 5.71. The Bertz CT molecular complexity index is 942. The first-order valence-corrected chi connectivity index (χ1v) is 12.8. The molecule has 5 rings (SSSR count). The minimum Gasteiger partial charge on any atom is -0.481 e. The smallest absolute Gasteiger partial charge is 0.215 e. The van der Waals surface area contributed by atoms with Gasteiger partial charge in [-0.3, -0.25) is 0 Å². The third-order valence-electron chi connectivity index (χ3n) is 8.00. The first-order valence-electron chi connectivity index (χ1n) is 12.8. The van der Waals surface area contributed by atoms with Crippen molar-refractivity contribution in [1.82, 2.24) is 19.9 Å². The van der Waals surface area contributed by atoms with Crippen molar-refractivity contribution >= 4 is 11.2 Å². The molecule has 5 nitrogen and oxygen atoms in total. The summed E-state index contributed by atoms with van der Waals surface area (Å²) in [5.74, 6) is 6.31. The van der Waals surface area contributed by atoms with Gasteiger partial charge in [-0.15, -0.1) is 0 Å². The van der Waals surface area contributed by atoms with Gasteiger partial charge in [0.15, 0.2) is 5.65 Å². The lowest BCUT2D eigenvalue weighted by Gasteiger charge is -2.39. The Kier molecular flexibility index (Phi) is 6.28.